The van der Waals surface area contributed by atoms with Crippen molar-refractivity contribution < 1.29 is 38.4 Å². The van der Waals surface area contributed by atoms with Crippen LogP contribution in [0.1, 0.15) is 114 Å². The Morgan fingerprint density at radius 3 is 1.85 bits per heavy atom. The van der Waals surface area contributed by atoms with Gasteiger partial charge in [0.1, 0.15) is 12.3 Å². The van der Waals surface area contributed by atoms with E-state index in [4.69, 9.17) is 0 Å². The number of nitrogens with one attached hydrogen (secondary N) is 6. The molecule has 72 heavy (non-hydrogen) atoms. The Kier molecular flexibility index (Phi) is 29.2. The zero-order chi connectivity index (χ0) is 54.6. The fraction of sp³-hybridized carbons (Fsp3) is 0.528. The number of nitrogens with two attached hydrogens (primary N) is 1. The summed E-state index contributed by atoms with van der Waals surface area (Å²) >= 11 is 0. The molecule has 5 unspecified atom stereocenters. The number of nitrogens with zero attached hydrogens (tertiary/aromatic N) is 4. The first kappa shape index (κ1) is 63.4. The van der Waals surface area contributed by atoms with Gasteiger partial charge in [0.25, 0.3) is 11.8 Å². The number of aryl methyl sites for hydroxylation is 1. The number of pyridine rings is 1. The third-order valence-corrected chi connectivity index (χ3v) is 11.3. The smallest absolute Gasteiger partial charge is 0.256 e. The molecule has 2 saturated heterocycles. The van der Waals surface area contributed by atoms with Crippen molar-refractivity contribution >= 4 is 48.1 Å². The zero-order valence-electron chi connectivity index (χ0n) is 44.8. The molecule has 7 amide bonds. The normalized spacial score (nSPS) is 16.4. The minimum Gasteiger partial charge on any atom is -0.352 e. The lowest BCUT2D eigenvalue weighted by molar-refractivity contribution is -0.139. The standard InChI is InChI=1S/C31H47N9O7.C9H11NO.C8H10.C4H10.CH5N/c1-18(32-6)26(43)35-14-24(42)40-15-22(11-23(40)16-41)36-28(45)20-10-21(13-34-12-20)29(46)38-8-9-39(17-38)30(47)25(31(3,4)5)37-27(44)19(2)33-7;1-8(10-7-11)9-5-3-2-4-6-9;1-2-8-6-4-3-5-7-8;1-4(2)3;1-2/h10,12-13,16,18-19,22-23,25,32-33H,8-9,11,14-15,17H2,1-7H3,(H,35,43)(H,36,45)(H,37,44);2-8H,1H3,(H,10,11);3-7H,2H2,1H3;4H,1-3H3;2H2,1H3/t18?,19-,22?,23?,25?;;;;/m0..../s1. The molecule has 398 valence electrons. The second-order valence-corrected chi connectivity index (χ2v) is 19.0. The molecule has 0 bridgehead atoms. The van der Waals surface area contributed by atoms with Crippen molar-refractivity contribution in [2.24, 2.45) is 17.1 Å². The largest absolute Gasteiger partial charge is 0.352 e. The second kappa shape index (κ2) is 33.1. The second-order valence-electron chi connectivity index (χ2n) is 19.0. The Labute approximate surface area is 427 Å². The van der Waals surface area contributed by atoms with Crippen LogP contribution in [0.4, 0.5) is 0 Å². The molecule has 5 rings (SSSR count). The summed E-state index contributed by atoms with van der Waals surface area (Å²) in [7, 11) is 4.77. The maximum absolute atomic E-state index is 13.5. The van der Waals surface area contributed by atoms with E-state index in [1.54, 1.807) is 27.9 Å². The summed E-state index contributed by atoms with van der Waals surface area (Å²) in [6.45, 7) is 19.8. The Bertz CT molecular complexity index is 2140. The van der Waals surface area contributed by atoms with Gasteiger partial charge < -0.3 is 57.1 Å². The summed E-state index contributed by atoms with van der Waals surface area (Å²) < 4.78 is 0. The molecule has 0 saturated carbocycles. The van der Waals surface area contributed by atoms with Crippen molar-refractivity contribution in [3.8, 4) is 0 Å². The average molecular weight is 1000 g/mol. The van der Waals surface area contributed by atoms with Crippen LogP contribution in [0, 0.1) is 11.3 Å². The van der Waals surface area contributed by atoms with Crippen molar-refractivity contribution in [2.45, 2.75) is 118 Å². The van der Waals surface area contributed by atoms with Gasteiger partial charge in [0, 0.05) is 38.1 Å². The Hall–Kier alpha value is -6.57. The highest BCUT2D eigenvalue weighted by molar-refractivity contribution is 6.00. The molecule has 6 atom stereocenters. The van der Waals surface area contributed by atoms with E-state index in [0.717, 1.165) is 24.3 Å². The van der Waals surface area contributed by atoms with E-state index in [1.165, 1.54) is 45.8 Å². The van der Waals surface area contributed by atoms with Crippen LogP contribution in [0.15, 0.2) is 79.1 Å². The van der Waals surface area contributed by atoms with E-state index >= 15 is 0 Å². The van der Waals surface area contributed by atoms with Gasteiger partial charge in [-0.15, -0.1) is 0 Å². The predicted molar refractivity (Wildman–Crippen MR) is 281 cm³/mol. The van der Waals surface area contributed by atoms with Crippen molar-refractivity contribution in [2.75, 3.05) is 54.0 Å². The summed E-state index contributed by atoms with van der Waals surface area (Å²) in [6.07, 6.45) is 5.33. The highest BCUT2D eigenvalue weighted by Gasteiger charge is 2.40. The first-order chi connectivity index (χ1) is 34.1. The van der Waals surface area contributed by atoms with Crippen LogP contribution >= 0.6 is 0 Å². The maximum atomic E-state index is 13.5. The molecule has 2 aliphatic heterocycles. The minimum atomic E-state index is -0.809. The van der Waals surface area contributed by atoms with Gasteiger partial charge in [-0.2, -0.15) is 0 Å². The molecule has 2 aromatic carbocycles. The van der Waals surface area contributed by atoms with Crippen LogP contribution in [-0.4, -0.2) is 152 Å². The Morgan fingerprint density at radius 2 is 1.33 bits per heavy atom. The maximum Gasteiger partial charge on any atom is 0.256 e. The van der Waals surface area contributed by atoms with Crippen LogP contribution in [0.25, 0.3) is 0 Å². The molecule has 0 spiro atoms. The summed E-state index contributed by atoms with van der Waals surface area (Å²) in [5.41, 5.74) is 6.71. The van der Waals surface area contributed by atoms with Gasteiger partial charge in [0.15, 0.2) is 0 Å². The van der Waals surface area contributed by atoms with Gasteiger partial charge in [-0.05, 0) is 83.3 Å². The van der Waals surface area contributed by atoms with E-state index in [2.05, 4.69) is 94.6 Å². The van der Waals surface area contributed by atoms with Crippen molar-refractivity contribution in [1.82, 2.24) is 51.6 Å². The quantitative estimate of drug-likeness (QED) is 0.102. The van der Waals surface area contributed by atoms with Gasteiger partial charge in [0.2, 0.25) is 30.0 Å². The topological polar surface area (TPSA) is 257 Å². The van der Waals surface area contributed by atoms with E-state index < -0.39 is 53.3 Å². The highest BCUT2D eigenvalue weighted by atomic mass is 16.2. The lowest BCUT2D eigenvalue weighted by Gasteiger charge is -2.34. The van der Waals surface area contributed by atoms with E-state index in [1.807, 2.05) is 64.1 Å². The first-order valence-corrected chi connectivity index (χ1v) is 24.5. The number of carbonyl (C=O) groups is 8. The number of amides is 7. The molecule has 0 aliphatic carbocycles. The summed E-state index contributed by atoms with van der Waals surface area (Å²) in [6, 6.07) is 18.7. The van der Waals surface area contributed by atoms with Gasteiger partial charge >= 0.3 is 0 Å². The monoisotopic (exact) mass is 1000 g/mol. The van der Waals surface area contributed by atoms with E-state index in [0.29, 0.717) is 6.29 Å². The number of rotatable bonds is 16. The third kappa shape index (κ3) is 21.8. The number of benzene rings is 2. The number of carbonyl (C=O) groups excluding carboxylic acids is 8. The first-order valence-electron chi connectivity index (χ1n) is 24.5. The lowest BCUT2D eigenvalue weighted by Crippen LogP contribution is -2.57. The number of hydrogen-bond donors (Lipinski definition) is 7. The van der Waals surface area contributed by atoms with Crippen LogP contribution in [0.3, 0.4) is 0 Å². The van der Waals surface area contributed by atoms with Crippen LogP contribution in [0.2, 0.25) is 0 Å². The number of aromatic nitrogens is 1. The fourth-order valence-corrected chi connectivity index (χ4v) is 6.89. The molecule has 2 aliphatic rings. The van der Waals surface area contributed by atoms with Crippen LogP contribution < -0.4 is 37.6 Å². The molecule has 1 aromatic heterocycles. The molecule has 19 heteroatoms. The molecule has 0 radical (unpaired) electrons. The van der Waals surface area contributed by atoms with Crippen LogP contribution in [-0.2, 0) is 35.2 Å². The van der Waals surface area contributed by atoms with Crippen LogP contribution in [0.5, 0.6) is 0 Å². The lowest BCUT2D eigenvalue weighted by atomic mass is 9.85. The predicted octanol–water partition coefficient (Wildman–Crippen LogP) is 3.06. The summed E-state index contributed by atoms with van der Waals surface area (Å²) in [5, 5.41) is 16.5. The molecule has 2 fully saturated rings. The number of likely N-dealkylation sites (N-methyl/N-ethyl adjacent to an activating group) is 2. The number of hydrogen-bond acceptors (Lipinski definition) is 12. The van der Waals surface area contributed by atoms with Gasteiger partial charge in [-0.1, -0.05) is 109 Å². The Morgan fingerprint density at radius 1 is 0.792 bits per heavy atom. The van der Waals surface area contributed by atoms with Gasteiger partial charge in [-0.25, -0.2) is 0 Å². The molecular weight excluding hydrogens is 919 g/mol. The van der Waals surface area contributed by atoms with E-state index in [9.17, 15) is 38.4 Å². The highest BCUT2D eigenvalue weighted by Crippen LogP contribution is 2.24. The molecular formula is C53H83N11O8. The van der Waals surface area contributed by atoms with Gasteiger partial charge in [0.05, 0.1) is 48.5 Å². The van der Waals surface area contributed by atoms with Crippen molar-refractivity contribution in [1.29, 1.82) is 0 Å². The zero-order valence-corrected chi connectivity index (χ0v) is 44.8. The molecule has 3 aromatic rings. The minimum absolute atomic E-state index is 0.00542. The third-order valence-electron chi connectivity index (χ3n) is 11.3. The number of likely N-dealkylation sites (tertiary alicyclic amines) is 1. The average Bonchev–Trinajstić information content (AvgIpc) is 4.05. The van der Waals surface area contributed by atoms with Crippen molar-refractivity contribution in [3.63, 3.8) is 0 Å². The fourth-order valence-electron chi connectivity index (χ4n) is 6.89. The van der Waals surface area contributed by atoms with E-state index in [-0.39, 0.29) is 74.2 Å². The summed E-state index contributed by atoms with van der Waals surface area (Å²) in [5.74, 6) is -1.55. The molecule has 8 N–H and O–H groups in total. The molecule has 19 nitrogen and oxygen atoms in total. The summed E-state index contributed by atoms with van der Waals surface area (Å²) in [4.78, 5) is 107. The SMILES string of the molecule is CC(C)C.CC(NC=O)c1ccccc1.CCc1ccccc1.CN.CNC(C)C(=O)NCC(=O)N1CC(NC(=O)c2cncc(C(=O)N3CCN(C(=O)C(NC(=O)[C@H](C)NC)C(C)(C)C)C3)c2)CC1C=O. The number of aldehydes is 1. The van der Waals surface area contributed by atoms with Gasteiger partial charge in [-0.3, -0.25) is 38.5 Å². The Balaban J connectivity index is 0.000000837. The van der Waals surface area contributed by atoms with Crippen molar-refractivity contribution in [3.05, 3.63) is 101 Å². The molecule has 3 heterocycles.